The largest absolute Gasteiger partial charge is 0.493 e. The second-order valence-electron chi connectivity index (χ2n) is 7.53. The molecule has 3 rings (SSSR count). The highest BCUT2D eigenvalue weighted by atomic mass is 16.5. The summed E-state index contributed by atoms with van der Waals surface area (Å²) in [5, 5.41) is 3.25. The Balaban J connectivity index is 1.56. The molecule has 1 aromatic rings. The fourth-order valence-electron chi connectivity index (χ4n) is 4.27. The van der Waals surface area contributed by atoms with Crippen LogP contribution >= 0.6 is 0 Å². The molecule has 1 aliphatic heterocycles. The van der Waals surface area contributed by atoms with Crippen molar-refractivity contribution in [3.8, 4) is 17.2 Å². The van der Waals surface area contributed by atoms with Gasteiger partial charge in [-0.15, -0.1) is 0 Å². The molecule has 0 unspecified atom stereocenters. The Kier molecular flexibility index (Phi) is 6.83. The number of benzene rings is 1. The number of nitrogens with one attached hydrogen (secondary N) is 1. The fourth-order valence-corrected chi connectivity index (χ4v) is 4.27. The molecule has 1 amide bonds. The summed E-state index contributed by atoms with van der Waals surface area (Å²) in [4.78, 5) is 14.9. The molecule has 0 atom stereocenters. The van der Waals surface area contributed by atoms with Gasteiger partial charge in [-0.1, -0.05) is 18.9 Å². The van der Waals surface area contributed by atoms with Gasteiger partial charge < -0.3 is 19.5 Å². The molecule has 6 heteroatoms. The van der Waals surface area contributed by atoms with Gasteiger partial charge in [0.25, 0.3) is 0 Å². The highest BCUT2D eigenvalue weighted by Gasteiger charge is 2.28. The van der Waals surface area contributed by atoms with Crippen molar-refractivity contribution < 1.29 is 19.0 Å². The molecule has 0 aromatic heterocycles. The number of hydrogen-bond acceptors (Lipinski definition) is 5. The van der Waals surface area contributed by atoms with Gasteiger partial charge in [-0.2, -0.15) is 0 Å². The molecule has 0 radical (unpaired) electrons. The number of carbonyl (C=O) groups excluding carboxylic acids is 1. The van der Waals surface area contributed by atoms with E-state index in [1.807, 2.05) is 12.1 Å². The molecule has 0 spiro atoms. The number of carbonyl (C=O) groups is 1. The first-order chi connectivity index (χ1) is 13.2. The lowest BCUT2D eigenvalue weighted by molar-refractivity contribution is -0.127. The van der Waals surface area contributed by atoms with Gasteiger partial charge >= 0.3 is 0 Å². The summed E-state index contributed by atoms with van der Waals surface area (Å²) in [6, 6.07) is 4.35. The third-order valence-electron chi connectivity index (χ3n) is 5.84. The number of nitrogens with zero attached hydrogens (tertiary/aromatic N) is 1. The fraction of sp³-hybridized carbons (Fsp3) is 0.667. The van der Waals surface area contributed by atoms with E-state index in [4.69, 9.17) is 14.2 Å². The first-order valence-corrected chi connectivity index (χ1v) is 9.96. The third-order valence-corrected chi connectivity index (χ3v) is 5.84. The number of likely N-dealkylation sites (tertiary alicyclic amines) is 1. The van der Waals surface area contributed by atoms with E-state index in [-0.39, 0.29) is 11.8 Å². The zero-order valence-corrected chi connectivity index (χ0v) is 16.8. The van der Waals surface area contributed by atoms with Crippen molar-refractivity contribution in [1.29, 1.82) is 0 Å². The van der Waals surface area contributed by atoms with Gasteiger partial charge in [-0.05, 0) is 44.8 Å². The Morgan fingerprint density at radius 3 is 2.26 bits per heavy atom. The van der Waals surface area contributed by atoms with Crippen molar-refractivity contribution in [3.63, 3.8) is 0 Å². The van der Waals surface area contributed by atoms with E-state index in [0.29, 0.717) is 17.5 Å². The highest BCUT2D eigenvalue weighted by molar-refractivity contribution is 5.79. The van der Waals surface area contributed by atoms with Crippen LogP contribution in [0.2, 0.25) is 0 Å². The van der Waals surface area contributed by atoms with Crippen LogP contribution in [0, 0.1) is 5.92 Å². The number of ether oxygens (including phenoxy) is 3. The molecule has 27 heavy (non-hydrogen) atoms. The van der Waals surface area contributed by atoms with Crippen LogP contribution in [0.3, 0.4) is 0 Å². The van der Waals surface area contributed by atoms with Crippen LogP contribution in [0.15, 0.2) is 12.1 Å². The number of piperidine rings is 1. The van der Waals surface area contributed by atoms with E-state index >= 15 is 0 Å². The van der Waals surface area contributed by atoms with E-state index in [1.165, 1.54) is 12.8 Å². The Bertz CT molecular complexity index is 635. The summed E-state index contributed by atoms with van der Waals surface area (Å²) in [5.74, 6) is 2.42. The summed E-state index contributed by atoms with van der Waals surface area (Å²) in [7, 11) is 4.90. The van der Waals surface area contributed by atoms with Crippen LogP contribution < -0.4 is 19.5 Å². The van der Waals surface area contributed by atoms with Crippen molar-refractivity contribution in [2.75, 3.05) is 34.4 Å². The minimum absolute atomic E-state index is 0.147. The lowest BCUT2D eigenvalue weighted by Gasteiger charge is -2.32. The monoisotopic (exact) mass is 376 g/mol. The van der Waals surface area contributed by atoms with Crippen LogP contribution in [-0.4, -0.2) is 51.3 Å². The minimum atomic E-state index is 0.147. The van der Waals surface area contributed by atoms with Crippen LogP contribution in [0.5, 0.6) is 17.2 Å². The summed E-state index contributed by atoms with van der Waals surface area (Å²) < 4.78 is 16.4. The summed E-state index contributed by atoms with van der Waals surface area (Å²) in [6.07, 6.45) is 6.60. The van der Waals surface area contributed by atoms with Crippen LogP contribution in [0.1, 0.15) is 44.1 Å². The highest BCUT2D eigenvalue weighted by Crippen LogP contribution is 2.40. The lowest BCUT2D eigenvalue weighted by atomic mass is 9.95. The zero-order chi connectivity index (χ0) is 19.2. The Morgan fingerprint density at radius 1 is 1.00 bits per heavy atom. The van der Waals surface area contributed by atoms with Crippen molar-refractivity contribution >= 4 is 5.91 Å². The second-order valence-corrected chi connectivity index (χ2v) is 7.53. The molecule has 1 heterocycles. The maximum Gasteiger partial charge on any atom is 0.223 e. The molecule has 1 N–H and O–H groups in total. The van der Waals surface area contributed by atoms with E-state index in [9.17, 15) is 4.79 Å². The molecule has 0 bridgehead atoms. The van der Waals surface area contributed by atoms with Gasteiger partial charge in [-0.3, -0.25) is 9.69 Å². The molecule has 1 saturated carbocycles. The van der Waals surface area contributed by atoms with Gasteiger partial charge in [-0.25, -0.2) is 0 Å². The first kappa shape index (κ1) is 19.8. The number of amides is 1. The minimum Gasteiger partial charge on any atom is -0.493 e. The van der Waals surface area contributed by atoms with Gasteiger partial charge in [0.15, 0.2) is 11.5 Å². The van der Waals surface area contributed by atoms with Gasteiger partial charge in [0, 0.05) is 24.1 Å². The van der Waals surface area contributed by atoms with Crippen molar-refractivity contribution in [2.45, 2.75) is 51.1 Å². The summed E-state index contributed by atoms with van der Waals surface area (Å²) in [5.41, 5.74) is 1.07. The smallest absolute Gasteiger partial charge is 0.223 e. The van der Waals surface area contributed by atoms with E-state index in [0.717, 1.165) is 56.6 Å². The standard InChI is InChI=1S/C21H32N2O4/c1-25-18-9-8-16(19(26-2)20(18)27-3)14-23-12-10-15(11-13-23)21(24)22-17-6-4-5-7-17/h8-9,15,17H,4-7,10-14H2,1-3H3,(H,22,24). The summed E-state index contributed by atoms with van der Waals surface area (Å²) in [6.45, 7) is 2.61. The van der Waals surface area contributed by atoms with Crippen LogP contribution in [-0.2, 0) is 11.3 Å². The predicted octanol–water partition coefficient (Wildman–Crippen LogP) is 2.98. The molecule has 2 aliphatic rings. The SMILES string of the molecule is COc1ccc(CN2CCC(C(=O)NC3CCCC3)CC2)c(OC)c1OC. The molecular weight excluding hydrogens is 344 g/mol. The average Bonchev–Trinajstić information content (AvgIpc) is 3.21. The van der Waals surface area contributed by atoms with Gasteiger partial charge in [0.05, 0.1) is 21.3 Å². The molecule has 1 saturated heterocycles. The Morgan fingerprint density at radius 2 is 1.67 bits per heavy atom. The van der Waals surface area contributed by atoms with Gasteiger partial charge in [0.2, 0.25) is 11.7 Å². The lowest BCUT2D eigenvalue weighted by Crippen LogP contribution is -2.43. The third kappa shape index (κ3) is 4.67. The number of hydrogen-bond donors (Lipinski definition) is 1. The maximum absolute atomic E-state index is 12.5. The van der Waals surface area contributed by atoms with E-state index in [1.54, 1.807) is 21.3 Å². The first-order valence-electron chi connectivity index (χ1n) is 9.96. The molecular formula is C21H32N2O4. The quantitative estimate of drug-likeness (QED) is 0.793. The molecule has 1 aromatic carbocycles. The average molecular weight is 376 g/mol. The topological polar surface area (TPSA) is 60.0 Å². The van der Waals surface area contributed by atoms with Crippen LogP contribution in [0.4, 0.5) is 0 Å². The van der Waals surface area contributed by atoms with E-state index in [2.05, 4.69) is 10.2 Å². The van der Waals surface area contributed by atoms with Crippen molar-refractivity contribution in [3.05, 3.63) is 17.7 Å². The number of rotatable bonds is 7. The predicted molar refractivity (Wildman–Crippen MR) is 104 cm³/mol. The molecule has 6 nitrogen and oxygen atoms in total. The number of methoxy groups -OCH3 is 3. The molecule has 2 fully saturated rings. The van der Waals surface area contributed by atoms with Gasteiger partial charge in [0.1, 0.15) is 0 Å². The maximum atomic E-state index is 12.5. The normalized spacial score (nSPS) is 19.1. The molecule has 1 aliphatic carbocycles. The zero-order valence-electron chi connectivity index (χ0n) is 16.8. The van der Waals surface area contributed by atoms with Crippen molar-refractivity contribution in [1.82, 2.24) is 10.2 Å². The Labute approximate surface area is 162 Å². The van der Waals surface area contributed by atoms with Crippen molar-refractivity contribution in [2.24, 2.45) is 5.92 Å². The summed E-state index contributed by atoms with van der Waals surface area (Å²) >= 11 is 0. The molecule has 150 valence electrons. The van der Waals surface area contributed by atoms with Crippen LogP contribution in [0.25, 0.3) is 0 Å². The van der Waals surface area contributed by atoms with E-state index < -0.39 is 0 Å². The Hall–Kier alpha value is -1.95. The second kappa shape index (κ2) is 9.31.